The van der Waals surface area contributed by atoms with Crippen molar-refractivity contribution in [1.29, 1.82) is 0 Å². The second kappa shape index (κ2) is 6.47. The molecule has 0 aromatic carbocycles. The summed E-state index contributed by atoms with van der Waals surface area (Å²) in [6.45, 7) is 2.91. The maximum atomic E-state index is 6.31. The van der Waals surface area contributed by atoms with Crippen LogP contribution in [0.25, 0.3) is 0 Å². The summed E-state index contributed by atoms with van der Waals surface area (Å²) in [5, 5.41) is 3.87. The van der Waals surface area contributed by atoms with E-state index < -0.39 is 0 Å². The van der Waals surface area contributed by atoms with Crippen LogP contribution in [0.3, 0.4) is 0 Å². The standard InChI is InChI=1S/C12H18ClN3S/c1-14-8-10-7-11(13)12(15-9-10)16-3-2-5-17-6-4-16/h7,9,14H,2-6,8H2,1H3. The van der Waals surface area contributed by atoms with Gasteiger partial charge < -0.3 is 10.2 Å². The minimum Gasteiger partial charge on any atom is -0.355 e. The molecular weight excluding hydrogens is 254 g/mol. The lowest BCUT2D eigenvalue weighted by atomic mass is 10.2. The number of aromatic nitrogens is 1. The second-order valence-corrected chi connectivity index (χ2v) is 5.76. The van der Waals surface area contributed by atoms with Crippen LogP contribution in [-0.4, -0.2) is 36.6 Å². The molecule has 17 heavy (non-hydrogen) atoms. The van der Waals surface area contributed by atoms with Gasteiger partial charge in [-0.2, -0.15) is 11.8 Å². The molecular formula is C12H18ClN3S. The maximum absolute atomic E-state index is 6.31. The van der Waals surface area contributed by atoms with Crippen LogP contribution in [0.2, 0.25) is 5.02 Å². The molecule has 1 N–H and O–H groups in total. The van der Waals surface area contributed by atoms with E-state index in [9.17, 15) is 0 Å². The first-order valence-electron chi connectivity index (χ1n) is 5.93. The molecule has 1 aliphatic rings. The molecule has 5 heteroatoms. The van der Waals surface area contributed by atoms with Gasteiger partial charge in [-0.3, -0.25) is 0 Å². The van der Waals surface area contributed by atoms with Crippen LogP contribution in [-0.2, 0) is 6.54 Å². The highest BCUT2D eigenvalue weighted by Crippen LogP contribution is 2.26. The fraction of sp³-hybridized carbons (Fsp3) is 0.583. The van der Waals surface area contributed by atoms with Gasteiger partial charge in [0.25, 0.3) is 0 Å². The number of rotatable bonds is 3. The number of nitrogens with zero attached hydrogens (tertiary/aromatic N) is 2. The van der Waals surface area contributed by atoms with Crippen molar-refractivity contribution in [2.75, 3.05) is 36.5 Å². The van der Waals surface area contributed by atoms with E-state index in [1.807, 2.05) is 31.1 Å². The van der Waals surface area contributed by atoms with Crippen molar-refractivity contribution < 1.29 is 0 Å². The summed E-state index contributed by atoms with van der Waals surface area (Å²) in [4.78, 5) is 6.80. The van der Waals surface area contributed by atoms with E-state index >= 15 is 0 Å². The van der Waals surface area contributed by atoms with Gasteiger partial charge in [0.05, 0.1) is 5.02 Å². The highest BCUT2D eigenvalue weighted by molar-refractivity contribution is 7.99. The third-order valence-electron chi connectivity index (χ3n) is 2.78. The molecule has 0 radical (unpaired) electrons. The highest BCUT2D eigenvalue weighted by atomic mass is 35.5. The Labute approximate surface area is 112 Å². The van der Waals surface area contributed by atoms with Gasteiger partial charge in [-0.1, -0.05) is 11.6 Å². The molecule has 1 saturated heterocycles. The van der Waals surface area contributed by atoms with Crippen molar-refractivity contribution in [3.63, 3.8) is 0 Å². The Balaban J connectivity index is 2.14. The number of anilines is 1. The second-order valence-electron chi connectivity index (χ2n) is 4.13. The number of halogens is 1. The van der Waals surface area contributed by atoms with E-state index in [4.69, 9.17) is 11.6 Å². The van der Waals surface area contributed by atoms with Gasteiger partial charge in [0.15, 0.2) is 0 Å². The fourth-order valence-corrected chi connectivity index (χ4v) is 3.16. The predicted octanol–water partition coefficient (Wildman–Crippen LogP) is 2.40. The van der Waals surface area contributed by atoms with E-state index in [0.717, 1.165) is 41.8 Å². The molecule has 0 atom stereocenters. The van der Waals surface area contributed by atoms with Crippen LogP contribution in [0.1, 0.15) is 12.0 Å². The zero-order valence-corrected chi connectivity index (χ0v) is 11.7. The van der Waals surface area contributed by atoms with Gasteiger partial charge in [0, 0.05) is 31.6 Å². The molecule has 0 spiro atoms. The molecule has 1 fully saturated rings. The van der Waals surface area contributed by atoms with E-state index in [-0.39, 0.29) is 0 Å². The van der Waals surface area contributed by atoms with E-state index in [1.54, 1.807) is 0 Å². The molecule has 0 bridgehead atoms. The molecule has 0 amide bonds. The monoisotopic (exact) mass is 271 g/mol. The molecule has 2 rings (SSSR count). The molecule has 0 saturated carbocycles. The minimum atomic E-state index is 0.768. The van der Waals surface area contributed by atoms with Crippen LogP contribution >= 0.6 is 23.4 Å². The predicted molar refractivity (Wildman–Crippen MR) is 76.2 cm³/mol. The average molecular weight is 272 g/mol. The Kier molecular flexibility index (Phi) is 4.95. The van der Waals surface area contributed by atoms with Gasteiger partial charge in [-0.15, -0.1) is 0 Å². The zero-order chi connectivity index (χ0) is 12.1. The number of pyridine rings is 1. The quantitative estimate of drug-likeness (QED) is 0.914. The molecule has 0 unspecified atom stereocenters. The van der Waals surface area contributed by atoms with E-state index in [2.05, 4.69) is 15.2 Å². The number of hydrogen-bond acceptors (Lipinski definition) is 4. The summed E-state index contributed by atoms with van der Waals surface area (Å²) < 4.78 is 0. The number of nitrogens with one attached hydrogen (secondary N) is 1. The SMILES string of the molecule is CNCc1cnc(N2CCCSCC2)c(Cl)c1. The van der Waals surface area contributed by atoms with Crippen molar-refractivity contribution in [2.45, 2.75) is 13.0 Å². The van der Waals surface area contributed by atoms with Crippen LogP contribution in [0.5, 0.6) is 0 Å². The Bertz CT molecular complexity index is 365. The smallest absolute Gasteiger partial charge is 0.147 e. The largest absolute Gasteiger partial charge is 0.355 e. The van der Waals surface area contributed by atoms with Crippen LogP contribution in [0.15, 0.2) is 12.3 Å². The van der Waals surface area contributed by atoms with Gasteiger partial charge >= 0.3 is 0 Å². The van der Waals surface area contributed by atoms with Crippen molar-refractivity contribution >= 4 is 29.2 Å². The molecule has 94 valence electrons. The summed E-state index contributed by atoms with van der Waals surface area (Å²) >= 11 is 8.32. The van der Waals surface area contributed by atoms with Gasteiger partial charge in [0.2, 0.25) is 0 Å². The van der Waals surface area contributed by atoms with E-state index in [1.165, 1.54) is 12.2 Å². The zero-order valence-electron chi connectivity index (χ0n) is 10.1. The highest BCUT2D eigenvalue weighted by Gasteiger charge is 2.14. The number of hydrogen-bond donors (Lipinski definition) is 1. The van der Waals surface area contributed by atoms with Crippen LogP contribution in [0, 0.1) is 0 Å². The third-order valence-corrected chi connectivity index (χ3v) is 4.11. The van der Waals surface area contributed by atoms with Gasteiger partial charge in [-0.25, -0.2) is 4.98 Å². The Morgan fingerprint density at radius 1 is 1.47 bits per heavy atom. The maximum Gasteiger partial charge on any atom is 0.147 e. The molecule has 1 aromatic heterocycles. The summed E-state index contributed by atoms with van der Waals surface area (Å²) in [6.07, 6.45) is 3.12. The van der Waals surface area contributed by atoms with Crippen molar-refractivity contribution in [1.82, 2.24) is 10.3 Å². The molecule has 1 aliphatic heterocycles. The summed E-state index contributed by atoms with van der Waals surface area (Å²) in [7, 11) is 1.92. The summed E-state index contributed by atoms with van der Waals surface area (Å²) in [5.41, 5.74) is 1.13. The van der Waals surface area contributed by atoms with Crippen molar-refractivity contribution in [2.24, 2.45) is 0 Å². The average Bonchev–Trinajstić information content (AvgIpc) is 2.58. The first kappa shape index (κ1) is 13.0. The van der Waals surface area contributed by atoms with Crippen molar-refractivity contribution in [3.05, 3.63) is 22.8 Å². The lowest BCUT2D eigenvalue weighted by Gasteiger charge is -2.22. The molecule has 0 aliphatic carbocycles. The lowest BCUT2D eigenvalue weighted by molar-refractivity contribution is 0.790. The lowest BCUT2D eigenvalue weighted by Crippen LogP contribution is -2.26. The number of thioether (sulfide) groups is 1. The van der Waals surface area contributed by atoms with E-state index in [0.29, 0.717) is 0 Å². The summed E-state index contributed by atoms with van der Waals surface area (Å²) in [6, 6.07) is 2.01. The van der Waals surface area contributed by atoms with Gasteiger partial charge in [-0.05, 0) is 30.9 Å². The molecule has 3 nitrogen and oxygen atoms in total. The van der Waals surface area contributed by atoms with Crippen LogP contribution in [0.4, 0.5) is 5.82 Å². The fourth-order valence-electron chi connectivity index (χ4n) is 1.96. The first-order valence-corrected chi connectivity index (χ1v) is 7.46. The van der Waals surface area contributed by atoms with Gasteiger partial charge in [0.1, 0.15) is 5.82 Å². The Morgan fingerprint density at radius 3 is 3.12 bits per heavy atom. The molecule has 1 aromatic rings. The van der Waals surface area contributed by atoms with Crippen molar-refractivity contribution in [3.8, 4) is 0 Å². The summed E-state index contributed by atoms with van der Waals surface area (Å²) in [5.74, 6) is 3.34. The Hall–Kier alpha value is -0.450. The van der Waals surface area contributed by atoms with Crippen LogP contribution < -0.4 is 10.2 Å². The molecule has 2 heterocycles. The minimum absolute atomic E-state index is 0.768. The third kappa shape index (κ3) is 3.50. The Morgan fingerprint density at radius 2 is 2.35 bits per heavy atom. The first-order chi connectivity index (χ1) is 8.31. The normalized spacial score (nSPS) is 16.9. The topological polar surface area (TPSA) is 28.2 Å².